The zero-order valence-corrected chi connectivity index (χ0v) is 5.03. The zero-order valence-electron chi connectivity index (χ0n) is 3.63. The number of hydrogen-bond donors (Lipinski definition) is 6. The van der Waals surface area contributed by atoms with Crippen LogP contribution in [-0.2, 0) is 18.6 Å². The van der Waals surface area contributed by atoms with Gasteiger partial charge in [0.2, 0.25) is 0 Å². The van der Waals surface area contributed by atoms with Crippen molar-refractivity contribution in [3.63, 3.8) is 0 Å². The van der Waals surface area contributed by atoms with Gasteiger partial charge in [-0.15, -0.1) is 0 Å². The molecule has 8 N–H and O–H groups in total. The van der Waals surface area contributed by atoms with E-state index in [4.69, 9.17) is 31.5 Å². The predicted molar refractivity (Wildman–Crippen MR) is 19.4 cm³/mol. The Morgan fingerprint density at radius 3 is 0.500 bits per heavy atom. The van der Waals surface area contributed by atoms with E-state index in [1.807, 2.05) is 0 Å². The van der Waals surface area contributed by atoms with Gasteiger partial charge in [0.05, 0.1) is 0 Å². The molecule has 0 aromatic carbocycles. The summed E-state index contributed by atoms with van der Waals surface area (Å²) in [6.07, 6.45) is 0. The van der Waals surface area contributed by atoms with Crippen LogP contribution in [0.25, 0.3) is 0 Å². The van der Waals surface area contributed by atoms with Crippen molar-refractivity contribution in [1.29, 1.82) is 0 Å². The normalized spacial score (nSPS) is 2.25. The Labute approximate surface area is 56.4 Å². The molecular weight excluding hydrogens is 163 g/mol. The van der Waals surface area contributed by atoms with Crippen LogP contribution in [0.1, 0.15) is 0 Å². The van der Waals surface area contributed by atoms with Gasteiger partial charge in [0.15, 0.2) is 0 Å². The van der Waals surface area contributed by atoms with E-state index in [0.29, 0.717) is 0 Å². The van der Waals surface area contributed by atoms with E-state index in [9.17, 15) is 0 Å². The Bertz CT molecular complexity index is 4.35. The minimum Gasteiger partial charge on any atom is -0.412 e. The molecule has 8 heavy (non-hydrogen) atoms. The van der Waals surface area contributed by atoms with Crippen molar-refractivity contribution in [2.45, 2.75) is 0 Å². The first-order chi connectivity index (χ1) is 3.00. The van der Waals surface area contributed by atoms with Crippen LogP contribution >= 0.6 is 0 Å². The SMILES string of the molecule is O.OO.OO.OO.[V]. The smallest absolute Gasteiger partial charge is 0 e. The van der Waals surface area contributed by atoms with Crippen molar-refractivity contribution in [3.8, 4) is 0 Å². The fourth-order valence-electron chi connectivity index (χ4n) is 0. The molecule has 0 spiro atoms. The molecule has 7 nitrogen and oxygen atoms in total. The summed E-state index contributed by atoms with van der Waals surface area (Å²) in [5, 5.41) is 36.0. The quantitative estimate of drug-likeness (QED) is 0.207. The predicted octanol–water partition coefficient (Wildman–Crippen LogP) is -0.775. The van der Waals surface area contributed by atoms with Crippen molar-refractivity contribution in [1.82, 2.24) is 0 Å². The average molecular weight is 171 g/mol. The van der Waals surface area contributed by atoms with Crippen molar-refractivity contribution in [2.75, 3.05) is 0 Å². The Hall–Kier alpha value is 0.304. The van der Waals surface area contributed by atoms with Crippen LogP contribution in [0.5, 0.6) is 0 Å². The summed E-state index contributed by atoms with van der Waals surface area (Å²) < 4.78 is 0. The zero-order chi connectivity index (χ0) is 6.00. The molecule has 0 aromatic rings. The number of rotatable bonds is 0. The molecule has 0 saturated carbocycles. The van der Waals surface area contributed by atoms with Gasteiger partial charge in [0.25, 0.3) is 0 Å². The topological polar surface area (TPSA) is 153 Å². The van der Waals surface area contributed by atoms with Gasteiger partial charge in [-0.3, -0.25) is 31.5 Å². The van der Waals surface area contributed by atoms with Crippen LogP contribution in [0.2, 0.25) is 0 Å². The van der Waals surface area contributed by atoms with E-state index in [0.717, 1.165) is 0 Å². The molecule has 0 bridgehead atoms. The maximum atomic E-state index is 6.00. The summed E-state index contributed by atoms with van der Waals surface area (Å²) in [5.74, 6) is 0. The van der Waals surface area contributed by atoms with Gasteiger partial charge in [-0.2, -0.15) is 0 Å². The molecule has 0 unspecified atom stereocenters. The van der Waals surface area contributed by atoms with Crippen LogP contribution in [0.4, 0.5) is 0 Å². The fourth-order valence-corrected chi connectivity index (χ4v) is 0. The standard InChI is InChI=1S/3H2O2.H2O.V/c3*1-2;;/h3*1-2H;1H2;. The molecule has 0 aliphatic heterocycles. The van der Waals surface area contributed by atoms with Gasteiger partial charge in [-0.1, -0.05) is 0 Å². The van der Waals surface area contributed by atoms with Crippen molar-refractivity contribution < 1.29 is 55.6 Å². The molecule has 55 valence electrons. The summed E-state index contributed by atoms with van der Waals surface area (Å²) in [5.41, 5.74) is 0. The van der Waals surface area contributed by atoms with E-state index in [-0.39, 0.29) is 24.0 Å². The van der Waals surface area contributed by atoms with Crippen LogP contribution in [-0.4, -0.2) is 37.0 Å². The van der Waals surface area contributed by atoms with E-state index < -0.39 is 0 Å². The maximum absolute atomic E-state index is 6.00. The largest absolute Gasteiger partial charge is 0.412 e. The molecular formula is H8O7V. The van der Waals surface area contributed by atoms with Gasteiger partial charge in [-0.05, 0) is 0 Å². The minimum absolute atomic E-state index is 0. The Kier molecular flexibility index (Phi) is 15900. The monoisotopic (exact) mass is 171 g/mol. The van der Waals surface area contributed by atoms with Crippen LogP contribution < -0.4 is 0 Å². The van der Waals surface area contributed by atoms with Crippen LogP contribution in [0, 0.1) is 0 Å². The van der Waals surface area contributed by atoms with Gasteiger partial charge >= 0.3 is 0 Å². The van der Waals surface area contributed by atoms with Crippen molar-refractivity contribution >= 4 is 0 Å². The molecule has 0 saturated heterocycles. The van der Waals surface area contributed by atoms with E-state index >= 15 is 0 Å². The van der Waals surface area contributed by atoms with Gasteiger partial charge in [0.1, 0.15) is 0 Å². The minimum atomic E-state index is 0. The van der Waals surface area contributed by atoms with Gasteiger partial charge in [-0.25, -0.2) is 0 Å². The summed E-state index contributed by atoms with van der Waals surface area (Å²) >= 11 is 0. The molecule has 0 heterocycles. The summed E-state index contributed by atoms with van der Waals surface area (Å²) in [7, 11) is 0. The van der Waals surface area contributed by atoms with E-state index in [1.165, 1.54) is 0 Å². The second-order valence-corrected chi connectivity index (χ2v) is 0. The average Bonchev–Trinajstić information content (AvgIpc) is 1.81. The molecule has 0 aromatic heterocycles. The first kappa shape index (κ1) is 40.6. The molecule has 0 rings (SSSR count). The molecule has 0 aliphatic rings. The second-order valence-electron chi connectivity index (χ2n) is 0. The van der Waals surface area contributed by atoms with Crippen molar-refractivity contribution in [2.24, 2.45) is 0 Å². The number of hydrogen-bond acceptors (Lipinski definition) is 6. The Morgan fingerprint density at radius 2 is 0.500 bits per heavy atom. The fraction of sp³-hybridized carbons (Fsp3) is 0. The summed E-state index contributed by atoms with van der Waals surface area (Å²) in [4.78, 5) is 0. The first-order valence-electron chi connectivity index (χ1n) is 0.600. The van der Waals surface area contributed by atoms with Crippen LogP contribution in [0.3, 0.4) is 0 Å². The molecule has 0 aliphatic carbocycles. The van der Waals surface area contributed by atoms with Crippen LogP contribution in [0.15, 0.2) is 0 Å². The molecule has 0 atom stereocenters. The third-order valence-corrected chi connectivity index (χ3v) is 0. The van der Waals surface area contributed by atoms with Gasteiger partial charge in [0, 0.05) is 18.6 Å². The molecule has 8 heteroatoms. The summed E-state index contributed by atoms with van der Waals surface area (Å²) in [6.45, 7) is 0. The molecule has 1 radical (unpaired) electrons. The Balaban J connectivity index is -0.00000000500. The van der Waals surface area contributed by atoms with E-state index in [2.05, 4.69) is 0 Å². The van der Waals surface area contributed by atoms with Gasteiger partial charge < -0.3 is 5.48 Å². The Morgan fingerprint density at radius 1 is 0.500 bits per heavy atom. The molecule has 0 amide bonds. The third-order valence-electron chi connectivity index (χ3n) is 0. The van der Waals surface area contributed by atoms with Crippen molar-refractivity contribution in [3.05, 3.63) is 0 Å². The maximum Gasteiger partial charge on any atom is 0 e. The molecule has 0 fully saturated rings. The van der Waals surface area contributed by atoms with E-state index in [1.54, 1.807) is 0 Å². The first-order valence-corrected chi connectivity index (χ1v) is 0.600. The summed E-state index contributed by atoms with van der Waals surface area (Å²) in [6, 6.07) is 0. The second kappa shape index (κ2) is 3130. The third kappa shape index (κ3) is 1910.